The predicted octanol–water partition coefficient (Wildman–Crippen LogP) is 2.34. The Morgan fingerprint density at radius 1 is 1.38 bits per heavy atom. The van der Waals surface area contributed by atoms with Crippen LogP contribution >= 0.6 is 11.3 Å². The summed E-state index contributed by atoms with van der Waals surface area (Å²) in [4.78, 5) is 26.2. The van der Waals surface area contributed by atoms with Gasteiger partial charge in [-0.05, 0) is 30.5 Å². The third kappa shape index (κ3) is 3.72. The molecule has 1 unspecified atom stereocenters. The fourth-order valence-electron chi connectivity index (χ4n) is 2.13. The number of hydrogen-bond acceptors (Lipinski definition) is 3. The highest BCUT2D eigenvalue weighted by Gasteiger charge is 2.21. The fraction of sp³-hybridized carbons (Fsp3) is 0.333. The maximum atomic E-state index is 12.5. The summed E-state index contributed by atoms with van der Waals surface area (Å²) in [5, 5.41) is 10.9. The molecule has 0 fully saturated rings. The molecule has 2 aromatic rings. The number of aromatic nitrogens is 1. The molecular formula is C15H18N2O3S. The van der Waals surface area contributed by atoms with Crippen molar-refractivity contribution in [2.45, 2.75) is 25.9 Å². The summed E-state index contributed by atoms with van der Waals surface area (Å²) in [5.74, 6) is -1.13. The normalized spacial score (nSPS) is 12.1. The summed E-state index contributed by atoms with van der Waals surface area (Å²) in [6.07, 6.45) is 2.40. The van der Waals surface area contributed by atoms with Gasteiger partial charge in [-0.3, -0.25) is 9.59 Å². The van der Waals surface area contributed by atoms with Gasteiger partial charge in [-0.2, -0.15) is 0 Å². The standard InChI is InChI=1S/C15H18N2O3S/c1-11(9-12-5-4-8-21-12)16(2)15(20)13-6-3-7-17(13)10-14(18)19/h3-8,11H,9-10H2,1-2H3,(H,18,19). The lowest BCUT2D eigenvalue weighted by Crippen LogP contribution is -2.37. The Morgan fingerprint density at radius 2 is 2.14 bits per heavy atom. The second-order valence-electron chi connectivity index (χ2n) is 4.96. The highest BCUT2D eigenvalue weighted by atomic mass is 32.1. The number of likely N-dealkylation sites (N-methyl/N-ethyl adjacent to an activating group) is 1. The van der Waals surface area contributed by atoms with Crippen molar-refractivity contribution in [2.24, 2.45) is 0 Å². The summed E-state index contributed by atoms with van der Waals surface area (Å²) in [7, 11) is 1.75. The van der Waals surface area contributed by atoms with Crippen LogP contribution in [0.15, 0.2) is 35.8 Å². The van der Waals surface area contributed by atoms with Gasteiger partial charge in [-0.25, -0.2) is 0 Å². The van der Waals surface area contributed by atoms with Crippen molar-refractivity contribution in [3.8, 4) is 0 Å². The van der Waals surface area contributed by atoms with Crippen LogP contribution in [0.5, 0.6) is 0 Å². The van der Waals surface area contributed by atoms with E-state index >= 15 is 0 Å². The lowest BCUT2D eigenvalue weighted by atomic mass is 10.1. The van der Waals surface area contributed by atoms with Crippen LogP contribution in [0.3, 0.4) is 0 Å². The fourth-order valence-corrected chi connectivity index (χ4v) is 2.96. The molecule has 6 heteroatoms. The number of rotatable bonds is 6. The number of aliphatic carboxylic acids is 1. The lowest BCUT2D eigenvalue weighted by Gasteiger charge is -2.25. The molecule has 0 aliphatic rings. The molecule has 0 radical (unpaired) electrons. The van der Waals surface area contributed by atoms with Gasteiger partial charge in [0.1, 0.15) is 12.2 Å². The predicted molar refractivity (Wildman–Crippen MR) is 81.6 cm³/mol. The maximum absolute atomic E-state index is 12.5. The largest absolute Gasteiger partial charge is 0.480 e. The second kappa shape index (κ2) is 6.58. The van der Waals surface area contributed by atoms with E-state index in [4.69, 9.17) is 5.11 Å². The van der Waals surface area contributed by atoms with E-state index in [9.17, 15) is 9.59 Å². The van der Waals surface area contributed by atoms with Gasteiger partial charge in [-0.15, -0.1) is 11.3 Å². The van der Waals surface area contributed by atoms with Gasteiger partial charge >= 0.3 is 5.97 Å². The highest BCUT2D eigenvalue weighted by molar-refractivity contribution is 7.09. The van der Waals surface area contributed by atoms with E-state index in [0.29, 0.717) is 5.69 Å². The zero-order chi connectivity index (χ0) is 15.4. The molecule has 2 aromatic heterocycles. The number of carboxylic acid groups (broad SMARTS) is 1. The summed E-state index contributed by atoms with van der Waals surface area (Å²) in [6.45, 7) is 1.78. The minimum absolute atomic E-state index is 0.0457. The maximum Gasteiger partial charge on any atom is 0.323 e. The third-order valence-electron chi connectivity index (χ3n) is 3.41. The third-order valence-corrected chi connectivity index (χ3v) is 4.31. The number of carbonyl (C=O) groups is 2. The summed E-state index contributed by atoms with van der Waals surface area (Å²) in [5.41, 5.74) is 0.401. The Morgan fingerprint density at radius 3 is 2.76 bits per heavy atom. The Balaban J connectivity index is 2.08. The molecule has 112 valence electrons. The van der Waals surface area contributed by atoms with E-state index in [1.165, 1.54) is 9.44 Å². The first-order valence-electron chi connectivity index (χ1n) is 6.65. The van der Waals surface area contributed by atoms with Gasteiger partial charge in [0.15, 0.2) is 0 Å². The van der Waals surface area contributed by atoms with E-state index in [0.717, 1.165) is 6.42 Å². The van der Waals surface area contributed by atoms with Crippen molar-refractivity contribution >= 4 is 23.2 Å². The van der Waals surface area contributed by atoms with Crippen molar-refractivity contribution < 1.29 is 14.7 Å². The van der Waals surface area contributed by atoms with Crippen molar-refractivity contribution in [2.75, 3.05) is 7.05 Å². The summed E-state index contributed by atoms with van der Waals surface area (Å²) >= 11 is 1.67. The lowest BCUT2D eigenvalue weighted by molar-refractivity contribution is -0.137. The van der Waals surface area contributed by atoms with Crippen molar-refractivity contribution in [3.05, 3.63) is 46.4 Å². The Hall–Kier alpha value is -2.08. The van der Waals surface area contributed by atoms with Gasteiger partial charge in [0.2, 0.25) is 0 Å². The molecule has 1 N–H and O–H groups in total. The molecule has 2 heterocycles. The molecule has 0 spiro atoms. The molecule has 0 saturated heterocycles. The van der Waals surface area contributed by atoms with Crippen LogP contribution in [0, 0.1) is 0 Å². The highest BCUT2D eigenvalue weighted by Crippen LogP contribution is 2.15. The second-order valence-corrected chi connectivity index (χ2v) is 6.00. The number of hydrogen-bond donors (Lipinski definition) is 1. The Kier molecular flexibility index (Phi) is 4.80. The number of carbonyl (C=O) groups excluding carboxylic acids is 1. The molecule has 0 aliphatic carbocycles. The topological polar surface area (TPSA) is 62.5 Å². The molecule has 1 amide bonds. The van der Waals surface area contributed by atoms with Crippen LogP contribution in [-0.4, -0.2) is 39.5 Å². The number of nitrogens with zero attached hydrogens (tertiary/aromatic N) is 2. The molecule has 1 atom stereocenters. The quantitative estimate of drug-likeness (QED) is 0.891. The van der Waals surface area contributed by atoms with Gasteiger partial charge in [0.25, 0.3) is 5.91 Å². The van der Waals surface area contributed by atoms with Crippen LogP contribution in [0.4, 0.5) is 0 Å². The average Bonchev–Trinajstić information content (AvgIpc) is 3.08. The number of amides is 1. The first kappa shape index (κ1) is 15.3. The van der Waals surface area contributed by atoms with Gasteiger partial charge < -0.3 is 14.6 Å². The monoisotopic (exact) mass is 306 g/mol. The molecule has 21 heavy (non-hydrogen) atoms. The van der Waals surface area contributed by atoms with Crippen molar-refractivity contribution in [3.63, 3.8) is 0 Å². The van der Waals surface area contributed by atoms with E-state index in [1.807, 2.05) is 24.4 Å². The smallest absolute Gasteiger partial charge is 0.323 e. The van der Waals surface area contributed by atoms with Crippen LogP contribution in [0.2, 0.25) is 0 Å². The molecular weight excluding hydrogens is 288 g/mol. The van der Waals surface area contributed by atoms with Crippen LogP contribution < -0.4 is 0 Å². The van der Waals surface area contributed by atoms with Crippen molar-refractivity contribution in [1.82, 2.24) is 9.47 Å². The molecule has 0 saturated carbocycles. The minimum atomic E-state index is -0.963. The zero-order valence-electron chi connectivity index (χ0n) is 12.0. The SMILES string of the molecule is CC(Cc1cccs1)N(C)C(=O)c1cccn1CC(=O)O. The Bertz CT molecular complexity index is 619. The van der Waals surface area contributed by atoms with E-state index < -0.39 is 5.97 Å². The van der Waals surface area contributed by atoms with E-state index in [2.05, 4.69) is 0 Å². The van der Waals surface area contributed by atoms with Crippen LogP contribution in [0.25, 0.3) is 0 Å². The molecule has 0 aliphatic heterocycles. The summed E-state index contributed by atoms with van der Waals surface area (Å²) in [6, 6.07) is 7.43. The average molecular weight is 306 g/mol. The minimum Gasteiger partial charge on any atom is -0.480 e. The van der Waals surface area contributed by atoms with Crippen LogP contribution in [0.1, 0.15) is 22.3 Å². The molecule has 2 rings (SSSR count). The zero-order valence-corrected chi connectivity index (χ0v) is 12.8. The number of carboxylic acids is 1. The molecule has 0 aromatic carbocycles. The molecule has 0 bridgehead atoms. The van der Waals surface area contributed by atoms with Crippen LogP contribution in [-0.2, 0) is 17.8 Å². The van der Waals surface area contributed by atoms with Gasteiger partial charge in [0.05, 0.1) is 0 Å². The first-order chi connectivity index (χ1) is 9.99. The number of thiophene rings is 1. The van der Waals surface area contributed by atoms with Crippen molar-refractivity contribution in [1.29, 1.82) is 0 Å². The summed E-state index contributed by atoms with van der Waals surface area (Å²) < 4.78 is 1.46. The first-order valence-corrected chi connectivity index (χ1v) is 7.53. The van der Waals surface area contributed by atoms with Gasteiger partial charge in [-0.1, -0.05) is 6.07 Å². The molecule has 5 nitrogen and oxygen atoms in total. The van der Waals surface area contributed by atoms with E-state index in [1.54, 1.807) is 41.6 Å². The van der Waals surface area contributed by atoms with E-state index in [-0.39, 0.29) is 18.5 Å². The van der Waals surface area contributed by atoms with Gasteiger partial charge in [0, 0.05) is 30.6 Å². The Labute approximate surface area is 127 Å².